The molecule has 0 radical (unpaired) electrons. The van der Waals surface area contributed by atoms with Crippen molar-refractivity contribution in [3.05, 3.63) is 64.1 Å². The average molecular weight is 243 g/mol. The van der Waals surface area contributed by atoms with Gasteiger partial charge in [0.2, 0.25) is 0 Å². The molecular formula is C15H17NO2. The van der Waals surface area contributed by atoms with Crippen molar-refractivity contribution in [1.29, 1.82) is 0 Å². The third-order valence-electron chi connectivity index (χ3n) is 2.83. The van der Waals surface area contributed by atoms with Crippen molar-refractivity contribution in [2.75, 3.05) is 6.61 Å². The Balaban J connectivity index is 1.97. The normalized spacial score (nSPS) is 10.3. The van der Waals surface area contributed by atoms with E-state index in [1.165, 1.54) is 0 Å². The van der Waals surface area contributed by atoms with Crippen LogP contribution in [-0.2, 0) is 6.54 Å². The van der Waals surface area contributed by atoms with Gasteiger partial charge in [-0.3, -0.25) is 4.79 Å². The van der Waals surface area contributed by atoms with Crippen molar-refractivity contribution < 1.29 is 4.74 Å². The number of para-hydroxylation sites is 1. The molecule has 1 aromatic heterocycles. The lowest BCUT2D eigenvalue weighted by Crippen LogP contribution is -2.22. The van der Waals surface area contributed by atoms with Crippen LogP contribution in [0.2, 0.25) is 0 Å². The van der Waals surface area contributed by atoms with Crippen LogP contribution < -0.4 is 10.3 Å². The molecule has 1 heterocycles. The lowest BCUT2D eigenvalue weighted by atomic mass is 10.2. The van der Waals surface area contributed by atoms with Gasteiger partial charge in [0.25, 0.3) is 5.56 Å². The van der Waals surface area contributed by atoms with E-state index in [1.807, 2.05) is 44.2 Å². The molecule has 0 aliphatic heterocycles. The lowest BCUT2D eigenvalue weighted by Gasteiger charge is -2.10. The van der Waals surface area contributed by atoms with Gasteiger partial charge in [0.05, 0.1) is 6.54 Å². The van der Waals surface area contributed by atoms with Crippen molar-refractivity contribution in [3.63, 3.8) is 0 Å². The fraction of sp³-hybridized carbons (Fsp3) is 0.267. The van der Waals surface area contributed by atoms with Gasteiger partial charge in [-0.1, -0.05) is 18.2 Å². The van der Waals surface area contributed by atoms with E-state index < -0.39 is 0 Å². The smallest absolute Gasteiger partial charge is 0.250 e. The van der Waals surface area contributed by atoms with Crippen LogP contribution in [0.3, 0.4) is 0 Å². The molecule has 0 saturated heterocycles. The number of pyridine rings is 1. The van der Waals surface area contributed by atoms with Crippen molar-refractivity contribution in [2.24, 2.45) is 0 Å². The van der Waals surface area contributed by atoms with Crippen molar-refractivity contribution in [2.45, 2.75) is 20.4 Å². The molecule has 0 fully saturated rings. The van der Waals surface area contributed by atoms with Gasteiger partial charge in [0.15, 0.2) is 0 Å². The molecule has 2 aromatic rings. The number of hydrogen-bond acceptors (Lipinski definition) is 2. The first-order valence-electron chi connectivity index (χ1n) is 6.02. The Labute approximate surface area is 107 Å². The second-order valence-corrected chi connectivity index (χ2v) is 4.35. The highest BCUT2D eigenvalue weighted by molar-refractivity contribution is 5.31. The van der Waals surface area contributed by atoms with Crippen molar-refractivity contribution in [3.8, 4) is 5.75 Å². The van der Waals surface area contributed by atoms with Gasteiger partial charge in [0.1, 0.15) is 12.4 Å². The van der Waals surface area contributed by atoms with Gasteiger partial charge in [-0.05, 0) is 37.1 Å². The summed E-state index contributed by atoms with van der Waals surface area (Å²) in [7, 11) is 0. The largest absolute Gasteiger partial charge is 0.491 e. The van der Waals surface area contributed by atoms with E-state index in [0.717, 1.165) is 16.9 Å². The van der Waals surface area contributed by atoms with Crippen LogP contribution in [-0.4, -0.2) is 11.2 Å². The Hall–Kier alpha value is -2.03. The van der Waals surface area contributed by atoms with E-state index in [1.54, 1.807) is 16.8 Å². The highest BCUT2D eigenvalue weighted by Crippen LogP contribution is 2.15. The fourth-order valence-electron chi connectivity index (χ4n) is 1.76. The molecule has 0 unspecified atom stereocenters. The SMILES string of the molecule is Cc1ccn(CCOc2ccccc2C)c(=O)c1. The Kier molecular flexibility index (Phi) is 3.82. The minimum atomic E-state index is 0.0170. The monoisotopic (exact) mass is 243 g/mol. The molecule has 2 rings (SSSR count). The highest BCUT2D eigenvalue weighted by atomic mass is 16.5. The minimum absolute atomic E-state index is 0.0170. The van der Waals surface area contributed by atoms with Crippen LogP contribution in [0, 0.1) is 13.8 Å². The Morgan fingerprint density at radius 1 is 1.17 bits per heavy atom. The molecule has 0 saturated carbocycles. The van der Waals surface area contributed by atoms with Crippen molar-refractivity contribution >= 4 is 0 Å². The predicted molar refractivity (Wildman–Crippen MR) is 72.1 cm³/mol. The highest BCUT2D eigenvalue weighted by Gasteiger charge is 1.99. The number of ether oxygens (including phenoxy) is 1. The Morgan fingerprint density at radius 2 is 1.94 bits per heavy atom. The number of aromatic nitrogens is 1. The summed E-state index contributed by atoms with van der Waals surface area (Å²) in [5, 5.41) is 0. The van der Waals surface area contributed by atoms with Gasteiger partial charge >= 0.3 is 0 Å². The molecule has 0 bridgehead atoms. The van der Waals surface area contributed by atoms with E-state index in [9.17, 15) is 4.79 Å². The number of aryl methyl sites for hydroxylation is 2. The number of benzene rings is 1. The lowest BCUT2D eigenvalue weighted by molar-refractivity contribution is 0.294. The van der Waals surface area contributed by atoms with Crippen LogP contribution in [0.15, 0.2) is 47.4 Å². The quantitative estimate of drug-likeness (QED) is 0.826. The fourth-order valence-corrected chi connectivity index (χ4v) is 1.76. The molecule has 1 aromatic carbocycles. The van der Waals surface area contributed by atoms with Gasteiger partial charge in [-0.2, -0.15) is 0 Å². The Morgan fingerprint density at radius 3 is 2.67 bits per heavy atom. The summed E-state index contributed by atoms with van der Waals surface area (Å²) < 4.78 is 7.32. The molecule has 0 aliphatic carbocycles. The predicted octanol–water partition coefficient (Wildman–Crippen LogP) is 2.54. The van der Waals surface area contributed by atoms with E-state index in [4.69, 9.17) is 4.74 Å². The zero-order chi connectivity index (χ0) is 13.0. The van der Waals surface area contributed by atoms with Crippen LogP contribution in [0.4, 0.5) is 0 Å². The molecule has 3 nitrogen and oxygen atoms in total. The van der Waals surface area contributed by atoms with Gasteiger partial charge in [-0.15, -0.1) is 0 Å². The summed E-state index contributed by atoms with van der Waals surface area (Å²) >= 11 is 0. The molecule has 94 valence electrons. The molecule has 0 amide bonds. The van der Waals surface area contributed by atoms with E-state index in [2.05, 4.69) is 0 Å². The first-order chi connectivity index (χ1) is 8.66. The van der Waals surface area contributed by atoms with Crippen LogP contribution in [0.1, 0.15) is 11.1 Å². The van der Waals surface area contributed by atoms with Crippen molar-refractivity contribution in [1.82, 2.24) is 4.57 Å². The molecule has 0 N–H and O–H groups in total. The molecular weight excluding hydrogens is 226 g/mol. The van der Waals surface area contributed by atoms with Gasteiger partial charge in [-0.25, -0.2) is 0 Å². The first kappa shape index (κ1) is 12.4. The summed E-state index contributed by atoms with van der Waals surface area (Å²) in [5.41, 5.74) is 2.10. The maximum atomic E-state index is 11.7. The summed E-state index contributed by atoms with van der Waals surface area (Å²) in [6, 6.07) is 11.4. The molecule has 0 aliphatic rings. The van der Waals surface area contributed by atoms with Crippen LogP contribution in [0.25, 0.3) is 0 Å². The first-order valence-corrected chi connectivity index (χ1v) is 6.02. The molecule has 3 heteroatoms. The third-order valence-corrected chi connectivity index (χ3v) is 2.83. The molecule has 0 atom stereocenters. The summed E-state index contributed by atoms with van der Waals surface area (Å²) in [6.45, 7) is 4.98. The molecule has 18 heavy (non-hydrogen) atoms. The van der Waals surface area contributed by atoms with Gasteiger partial charge < -0.3 is 9.30 Å². The standard InChI is InChI=1S/C15H17NO2/c1-12-7-8-16(15(17)11-12)9-10-18-14-6-4-3-5-13(14)2/h3-8,11H,9-10H2,1-2H3. The molecule has 0 spiro atoms. The van der Waals surface area contributed by atoms with E-state index >= 15 is 0 Å². The maximum absolute atomic E-state index is 11.7. The van der Waals surface area contributed by atoms with Gasteiger partial charge in [0, 0.05) is 12.3 Å². The second kappa shape index (κ2) is 5.54. The van der Waals surface area contributed by atoms with Crippen LogP contribution in [0.5, 0.6) is 5.75 Å². The van der Waals surface area contributed by atoms with E-state index in [-0.39, 0.29) is 5.56 Å². The summed E-state index contributed by atoms with van der Waals surface area (Å²) in [5.74, 6) is 0.873. The number of rotatable bonds is 4. The topological polar surface area (TPSA) is 31.2 Å². The zero-order valence-corrected chi connectivity index (χ0v) is 10.7. The summed E-state index contributed by atoms with van der Waals surface area (Å²) in [6.07, 6.45) is 1.80. The minimum Gasteiger partial charge on any atom is -0.491 e. The number of nitrogens with zero attached hydrogens (tertiary/aromatic N) is 1. The maximum Gasteiger partial charge on any atom is 0.250 e. The van der Waals surface area contributed by atoms with E-state index in [0.29, 0.717) is 13.2 Å². The second-order valence-electron chi connectivity index (χ2n) is 4.35. The Bertz CT molecular complexity index is 587. The zero-order valence-electron chi connectivity index (χ0n) is 10.7. The van der Waals surface area contributed by atoms with Crippen LogP contribution >= 0.6 is 0 Å². The number of hydrogen-bond donors (Lipinski definition) is 0. The average Bonchev–Trinajstić information content (AvgIpc) is 2.34. The summed E-state index contributed by atoms with van der Waals surface area (Å²) in [4.78, 5) is 11.7. The third kappa shape index (κ3) is 3.00.